The molecule has 1 aliphatic heterocycles. The van der Waals surface area contributed by atoms with Crippen molar-refractivity contribution in [2.45, 2.75) is 18.8 Å². The number of carbonyl (C=O) groups is 1. The van der Waals surface area contributed by atoms with Crippen molar-refractivity contribution in [2.24, 2.45) is 0 Å². The first kappa shape index (κ1) is 14.6. The highest BCUT2D eigenvalue weighted by atomic mass is 16.6. The van der Waals surface area contributed by atoms with E-state index < -0.39 is 6.09 Å². The fourth-order valence-corrected chi connectivity index (χ4v) is 1.92. The van der Waals surface area contributed by atoms with E-state index in [1.807, 2.05) is 42.5 Å². The summed E-state index contributed by atoms with van der Waals surface area (Å²) in [4.78, 5) is 11.6. The summed E-state index contributed by atoms with van der Waals surface area (Å²) in [7, 11) is 1.57. The molecule has 2 atom stereocenters. The van der Waals surface area contributed by atoms with E-state index in [0.29, 0.717) is 13.2 Å². The van der Waals surface area contributed by atoms with Crippen molar-refractivity contribution >= 4 is 6.09 Å². The summed E-state index contributed by atoms with van der Waals surface area (Å²) < 4.78 is 15.8. The third kappa shape index (κ3) is 4.36. The molecule has 2 rings (SSSR count). The Bertz CT molecular complexity index is 446. The zero-order valence-corrected chi connectivity index (χ0v) is 11.5. The largest absolute Gasteiger partial charge is 0.447 e. The molecule has 5 nitrogen and oxygen atoms in total. The zero-order valence-electron chi connectivity index (χ0n) is 11.5. The van der Waals surface area contributed by atoms with Crippen molar-refractivity contribution in [3.8, 4) is 0 Å². The van der Waals surface area contributed by atoms with Crippen molar-refractivity contribution < 1.29 is 19.0 Å². The second-order valence-electron chi connectivity index (χ2n) is 4.44. The summed E-state index contributed by atoms with van der Waals surface area (Å²) in [6.07, 6.45) is 2.95. The topological polar surface area (TPSA) is 56.8 Å². The van der Waals surface area contributed by atoms with Crippen LogP contribution in [-0.2, 0) is 20.8 Å². The minimum absolute atomic E-state index is 0.151. The number of benzene rings is 1. The fraction of sp³-hybridized carbons (Fsp3) is 0.400. The van der Waals surface area contributed by atoms with Crippen LogP contribution in [0.5, 0.6) is 0 Å². The highest BCUT2D eigenvalue weighted by molar-refractivity contribution is 5.67. The first-order valence-corrected chi connectivity index (χ1v) is 6.55. The summed E-state index contributed by atoms with van der Waals surface area (Å²) in [5.74, 6) is 0. The maximum absolute atomic E-state index is 11.6. The van der Waals surface area contributed by atoms with E-state index in [9.17, 15) is 4.79 Å². The molecule has 1 heterocycles. The highest BCUT2D eigenvalue weighted by Crippen LogP contribution is 2.11. The number of amides is 1. The smallest absolute Gasteiger partial charge is 0.407 e. The lowest BCUT2D eigenvalue weighted by atomic mass is 10.2. The van der Waals surface area contributed by atoms with Gasteiger partial charge in [0.25, 0.3) is 0 Å². The Hall–Kier alpha value is -1.85. The number of rotatable bonds is 6. The Morgan fingerprint density at radius 2 is 2.25 bits per heavy atom. The third-order valence-electron chi connectivity index (χ3n) is 3.04. The molecule has 0 aliphatic carbocycles. The molecule has 1 aliphatic rings. The summed E-state index contributed by atoms with van der Waals surface area (Å²) in [5.41, 5.74) is 1.02. The van der Waals surface area contributed by atoms with Gasteiger partial charge in [-0.2, -0.15) is 0 Å². The number of nitrogens with one attached hydrogen (secondary N) is 1. The summed E-state index contributed by atoms with van der Waals surface area (Å²) >= 11 is 0. The zero-order chi connectivity index (χ0) is 14.2. The van der Waals surface area contributed by atoms with Gasteiger partial charge in [-0.3, -0.25) is 0 Å². The maximum atomic E-state index is 11.6. The molecule has 0 unspecified atom stereocenters. The molecule has 0 spiro atoms. The van der Waals surface area contributed by atoms with Gasteiger partial charge in [0.15, 0.2) is 0 Å². The van der Waals surface area contributed by atoms with Gasteiger partial charge in [0.2, 0.25) is 0 Å². The average Bonchev–Trinajstić information content (AvgIpc) is 3.01. The molecule has 0 aromatic heterocycles. The Kier molecular flexibility index (Phi) is 5.58. The van der Waals surface area contributed by atoms with Gasteiger partial charge in [-0.15, -0.1) is 0 Å². The Balaban J connectivity index is 1.70. The molecular formula is C15H19NO4. The number of ether oxygens (including phenoxy) is 3. The molecule has 0 saturated carbocycles. The summed E-state index contributed by atoms with van der Waals surface area (Å²) in [6, 6.07) is 9.66. The standard InChI is InChI=1S/C15H19NO4/c1-18-14(13-8-5-9-19-13)11-20-15(17)16-10-12-6-3-2-4-7-12/h2-8,13-14H,9-11H2,1H3,(H,16,17)/t13-,14-/m0/s1. The molecule has 1 N–H and O–H groups in total. The van der Waals surface area contributed by atoms with Crippen LogP contribution in [0.1, 0.15) is 5.56 Å². The van der Waals surface area contributed by atoms with Crippen LogP contribution in [0.4, 0.5) is 4.79 Å². The minimum Gasteiger partial charge on any atom is -0.447 e. The van der Waals surface area contributed by atoms with Gasteiger partial charge in [-0.05, 0) is 5.56 Å². The maximum Gasteiger partial charge on any atom is 0.407 e. The van der Waals surface area contributed by atoms with Crippen LogP contribution in [0.15, 0.2) is 42.5 Å². The monoisotopic (exact) mass is 277 g/mol. The van der Waals surface area contributed by atoms with Crippen molar-refractivity contribution in [1.82, 2.24) is 5.32 Å². The van der Waals surface area contributed by atoms with E-state index in [1.54, 1.807) is 7.11 Å². The number of alkyl carbamates (subject to hydrolysis) is 1. The second-order valence-corrected chi connectivity index (χ2v) is 4.44. The van der Waals surface area contributed by atoms with Gasteiger partial charge in [0, 0.05) is 13.7 Å². The predicted molar refractivity (Wildman–Crippen MR) is 74.3 cm³/mol. The van der Waals surface area contributed by atoms with E-state index in [2.05, 4.69) is 5.32 Å². The van der Waals surface area contributed by atoms with E-state index in [0.717, 1.165) is 5.56 Å². The average molecular weight is 277 g/mol. The molecule has 108 valence electrons. The normalized spacial score (nSPS) is 18.8. The minimum atomic E-state index is -0.460. The fourth-order valence-electron chi connectivity index (χ4n) is 1.92. The van der Waals surface area contributed by atoms with Gasteiger partial charge in [0.05, 0.1) is 6.61 Å². The van der Waals surface area contributed by atoms with E-state index in [4.69, 9.17) is 14.2 Å². The number of hydrogen-bond donors (Lipinski definition) is 1. The number of methoxy groups -OCH3 is 1. The van der Waals surface area contributed by atoms with Crippen LogP contribution >= 0.6 is 0 Å². The number of carbonyl (C=O) groups excluding carboxylic acids is 1. The van der Waals surface area contributed by atoms with Crippen LogP contribution in [0.25, 0.3) is 0 Å². The molecule has 0 fully saturated rings. The lowest BCUT2D eigenvalue weighted by molar-refractivity contribution is -0.0434. The molecule has 0 saturated heterocycles. The van der Waals surface area contributed by atoms with Crippen molar-refractivity contribution in [3.05, 3.63) is 48.0 Å². The molecule has 0 radical (unpaired) electrons. The van der Waals surface area contributed by atoms with Crippen LogP contribution in [0.2, 0.25) is 0 Å². The number of hydrogen-bond acceptors (Lipinski definition) is 4. The SMILES string of the molecule is CO[C@@H](COC(=O)NCc1ccccc1)[C@@H]1C=CCO1. The quantitative estimate of drug-likeness (QED) is 0.807. The van der Waals surface area contributed by atoms with E-state index >= 15 is 0 Å². The molecular weight excluding hydrogens is 258 g/mol. The van der Waals surface area contributed by atoms with Gasteiger partial charge in [-0.1, -0.05) is 42.5 Å². The summed E-state index contributed by atoms with van der Waals surface area (Å²) in [5, 5.41) is 2.69. The molecule has 0 bridgehead atoms. The molecule has 5 heteroatoms. The predicted octanol–water partition coefficient (Wildman–Crippen LogP) is 1.88. The lowest BCUT2D eigenvalue weighted by Gasteiger charge is -2.20. The second kappa shape index (κ2) is 7.67. The van der Waals surface area contributed by atoms with Crippen molar-refractivity contribution in [1.29, 1.82) is 0 Å². The van der Waals surface area contributed by atoms with Gasteiger partial charge in [0.1, 0.15) is 18.8 Å². The van der Waals surface area contributed by atoms with Crippen LogP contribution in [0, 0.1) is 0 Å². The van der Waals surface area contributed by atoms with Crippen LogP contribution < -0.4 is 5.32 Å². The highest BCUT2D eigenvalue weighted by Gasteiger charge is 2.23. The van der Waals surface area contributed by atoms with Crippen molar-refractivity contribution in [3.63, 3.8) is 0 Å². The van der Waals surface area contributed by atoms with E-state index in [-0.39, 0.29) is 18.8 Å². The molecule has 1 amide bonds. The Morgan fingerprint density at radius 3 is 2.90 bits per heavy atom. The van der Waals surface area contributed by atoms with Gasteiger partial charge in [-0.25, -0.2) is 4.79 Å². The first-order valence-electron chi connectivity index (χ1n) is 6.55. The third-order valence-corrected chi connectivity index (χ3v) is 3.04. The Morgan fingerprint density at radius 1 is 1.45 bits per heavy atom. The molecule has 20 heavy (non-hydrogen) atoms. The van der Waals surface area contributed by atoms with Crippen LogP contribution in [-0.4, -0.2) is 38.6 Å². The first-order chi connectivity index (χ1) is 9.79. The van der Waals surface area contributed by atoms with Gasteiger partial charge >= 0.3 is 6.09 Å². The molecule has 1 aromatic rings. The van der Waals surface area contributed by atoms with Crippen LogP contribution in [0.3, 0.4) is 0 Å². The Labute approximate surface area is 118 Å². The summed E-state index contributed by atoms with van der Waals surface area (Å²) in [6.45, 7) is 1.17. The van der Waals surface area contributed by atoms with Crippen molar-refractivity contribution in [2.75, 3.05) is 20.3 Å². The van der Waals surface area contributed by atoms with Gasteiger partial charge < -0.3 is 19.5 Å². The van der Waals surface area contributed by atoms with E-state index in [1.165, 1.54) is 0 Å². The lowest BCUT2D eigenvalue weighted by Crippen LogP contribution is -2.35. The molecule has 1 aromatic carbocycles.